The predicted octanol–water partition coefficient (Wildman–Crippen LogP) is 8.10. The fourth-order valence-corrected chi connectivity index (χ4v) is 12.5. The minimum atomic E-state index is -1.21. The molecule has 3 aliphatic heterocycles. The van der Waals surface area contributed by atoms with E-state index in [4.69, 9.17) is 92.6 Å². The molecule has 1 saturated heterocycles. The van der Waals surface area contributed by atoms with Crippen LogP contribution in [0, 0.1) is 39.5 Å². The highest BCUT2D eigenvalue weighted by Crippen LogP contribution is 2.30. The van der Waals surface area contributed by atoms with Crippen LogP contribution in [0.2, 0.25) is 0 Å². The highest BCUT2D eigenvalue weighted by atomic mass is 16.7. The van der Waals surface area contributed by atoms with E-state index in [1.54, 1.807) is 69.2 Å². The molecule has 1 fully saturated rings. The number of carboxylic acid groups (broad SMARTS) is 4. The van der Waals surface area contributed by atoms with Crippen molar-refractivity contribution < 1.29 is 168 Å². The van der Waals surface area contributed by atoms with E-state index in [-0.39, 0.29) is 145 Å². The van der Waals surface area contributed by atoms with Crippen LogP contribution in [0.4, 0.5) is 11.6 Å². The van der Waals surface area contributed by atoms with E-state index in [9.17, 15) is 62.3 Å². The zero-order chi connectivity index (χ0) is 104. The Hall–Kier alpha value is -14.3. The maximum atomic E-state index is 11.5. The van der Waals surface area contributed by atoms with Crippen molar-refractivity contribution in [1.29, 1.82) is 0 Å². The zero-order valence-corrected chi connectivity index (χ0v) is 81.2. The third kappa shape index (κ3) is 52.3. The first-order valence-electron chi connectivity index (χ1n) is 44.6. The number of rotatable bonds is 45. The molecule has 0 aromatic carbocycles. The number of unbranched alkanes of at least 4 members (excludes halogenated alkanes) is 1. The SMILES string of the molecule is C/C(N)=N/O.CCOC(=O)CC(CC(=O)OCC)C(=O)O.CCOC(=O)CC(CC(=O)OCC)C(OC)OC.CCOC(=O)CC(CC(=O)OCC)c1nc(C)no1.COC(C=O)OC.Cc1noc(C(CC(=O)O)CC(=O)O)n1.Cc1noc(C(CC(=O)O)Cc2nc(CCCc3ccc4c(n3)NCCC4)no2)n1.Cc1noc(C2CC(=O)OC(=O)C2)n1.O/N=C/CCCc1ccc2c(n1)NCCC2. The van der Waals surface area contributed by atoms with E-state index in [1.807, 2.05) is 0 Å². The molecule has 7 aromatic heterocycles. The topological polar surface area (TPSA) is 740 Å². The van der Waals surface area contributed by atoms with Gasteiger partial charge in [-0.2, -0.15) is 24.9 Å². The van der Waals surface area contributed by atoms with Gasteiger partial charge in [-0.05, 0) is 157 Å². The number of ether oxygens (including phenoxy) is 11. The lowest BCUT2D eigenvalue weighted by molar-refractivity contribution is -0.167. The van der Waals surface area contributed by atoms with Crippen LogP contribution in [0.3, 0.4) is 0 Å². The van der Waals surface area contributed by atoms with E-state index >= 15 is 0 Å². The van der Waals surface area contributed by atoms with Crippen molar-refractivity contribution in [2.75, 3.05) is 91.8 Å². The zero-order valence-electron chi connectivity index (χ0n) is 81.2. The van der Waals surface area contributed by atoms with Crippen molar-refractivity contribution in [3.05, 3.63) is 105 Å². The Morgan fingerprint density at radius 2 is 0.871 bits per heavy atom. The molecule has 0 spiro atoms. The summed E-state index contributed by atoms with van der Waals surface area (Å²) in [5.74, 6) is -6.07. The molecule has 0 bridgehead atoms. The molecule has 10 heterocycles. The van der Waals surface area contributed by atoms with Crippen LogP contribution >= 0.6 is 0 Å². The van der Waals surface area contributed by atoms with Crippen LogP contribution in [0.25, 0.3) is 0 Å². The normalized spacial score (nSPS) is 12.5. The summed E-state index contributed by atoms with van der Waals surface area (Å²) in [6.07, 6.45) is 9.46. The number of hydrogen-bond acceptors (Lipinski definition) is 47. The number of carbonyl (C=O) groups is 13. The van der Waals surface area contributed by atoms with Crippen LogP contribution in [0.15, 0.2) is 57.2 Å². The Kier molecular flexibility index (Phi) is 61.2. The number of nitrogens with one attached hydrogen (secondary N) is 2. The first-order valence-corrected chi connectivity index (χ1v) is 44.6. The third-order valence-electron chi connectivity index (χ3n) is 18.7. The molecule has 3 aliphatic rings. The third-order valence-corrected chi connectivity index (χ3v) is 18.7. The minimum absolute atomic E-state index is 0.00822. The van der Waals surface area contributed by atoms with Gasteiger partial charge in [-0.1, -0.05) is 43.1 Å². The Bertz CT molecular complexity index is 4850. The van der Waals surface area contributed by atoms with Crippen molar-refractivity contribution in [2.45, 2.75) is 254 Å². The van der Waals surface area contributed by atoms with E-state index in [1.165, 1.54) is 59.1 Å². The van der Waals surface area contributed by atoms with Crippen LogP contribution in [-0.4, -0.2) is 275 Å². The Balaban J connectivity index is 0.000000549. The smallest absolute Gasteiger partial charge is 0.314 e. The van der Waals surface area contributed by atoms with Crippen LogP contribution < -0.4 is 16.4 Å². The summed E-state index contributed by atoms with van der Waals surface area (Å²) in [4.78, 5) is 172. The van der Waals surface area contributed by atoms with Crippen LogP contribution in [0.1, 0.15) is 256 Å². The molecule has 0 amide bonds. The summed E-state index contributed by atoms with van der Waals surface area (Å²) in [6.45, 7) is 21.8. The van der Waals surface area contributed by atoms with Crippen molar-refractivity contribution in [1.82, 2.24) is 60.7 Å². The van der Waals surface area contributed by atoms with Gasteiger partial charge in [-0.25, -0.2) is 9.97 Å². The van der Waals surface area contributed by atoms with Gasteiger partial charge in [0.05, 0.1) is 140 Å². The van der Waals surface area contributed by atoms with E-state index in [2.05, 4.69) is 125 Å². The molecule has 1 unspecified atom stereocenters. The second-order valence-corrected chi connectivity index (χ2v) is 30.0. The van der Waals surface area contributed by atoms with Crippen molar-refractivity contribution in [3.8, 4) is 0 Å². The molecule has 52 heteroatoms. The molecule has 1 atom stereocenters. The number of aliphatic carboxylic acids is 4. The number of aromatic nitrogens is 12. The number of amidine groups is 1. The fourth-order valence-electron chi connectivity index (χ4n) is 12.5. The number of hydrogen-bond donors (Lipinski definition) is 9. The number of oxime groups is 2. The lowest BCUT2D eigenvalue weighted by Crippen LogP contribution is -2.30. The molecule has 52 nitrogen and oxygen atoms in total. The van der Waals surface area contributed by atoms with Gasteiger partial charge in [-0.3, -0.25) is 62.3 Å². The number of anilines is 2. The fraction of sp³-hybridized carbons (Fsp3) is 0.602. The van der Waals surface area contributed by atoms with Gasteiger partial charge in [0, 0.05) is 77.9 Å². The molecular weight excluding hydrogens is 1860 g/mol. The Morgan fingerprint density at radius 3 is 1.22 bits per heavy atom. The van der Waals surface area contributed by atoms with E-state index in [0.29, 0.717) is 66.8 Å². The van der Waals surface area contributed by atoms with Gasteiger partial charge in [0.15, 0.2) is 41.7 Å². The van der Waals surface area contributed by atoms with E-state index < -0.39 is 102 Å². The minimum Gasteiger partial charge on any atom is -0.481 e. The van der Waals surface area contributed by atoms with Crippen molar-refractivity contribution in [2.24, 2.45) is 27.9 Å². The first kappa shape index (κ1) is 122. The molecular formula is C88H129N17O35. The lowest BCUT2D eigenvalue weighted by atomic mass is 9.99. The quantitative estimate of drug-likeness (QED) is 0.00166. The molecule has 10 rings (SSSR count). The maximum absolute atomic E-state index is 11.5. The number of carbonyl (C=O) groups excluding carboxylic acids is 9. The second kappa shape index (κ2) is 70.3. The summed E-state index contributed by atoms with van der Waals surface area (Å²) in [7, 11) is 5.72. The molecule has 0 radical (unpaired) electrons. The molecule has 0 aliphatic carbocycles. The van der Waals surface area contributed by atoms with Gasteiger partial charge in [0.2, 0.25) is 35.7 Å². The summed E-state index contributed by atoms with van der Waals surface area (Å²) >= 11 is 0. The molecule has 140 heavy (non-hydrogen) atoms. The molecule has 0 saturated carbocycles. The van der Waals surface area contributed by atoms with Crippen molar-refractivity contribution in [3.63, 3.8) is 0 Å². The number of methoxy groups -OCH3 is 4. The van der Waals surface area contributed by atoms with Crippen LogP contribution in [0.5, 0.6) is 0 Å². The molecule has 7 aromatic rings. The summed E-state index contributed by atoms with van der Waals surface area (Å²) < 4.78 is 77.2. The van der Waals surface area contributed by atoms with E-state index in [0.717, 1.165) is 87.5 Å². The number of cyclic esters (lactones) is 2. The number of aldehydes is 1. The summed E-state index contributed by atoms with van der Waals surface area (Å²) in [5, 5.41) is 81.7. The van der Waals surface area contributed by atoms with Gasteiger partial charge in [0.1, 0.15) is 17.5 Å². The summed E-state index contributed by atoms with van der Waals surface area (Å²) in [6, 6.07) is 8.50. The maximum Gasteiger partial charge on any atom is 0.314 e. The number of nitrogens with two attached hydrogens (primary N) is 1. The number of nitrogens with zero attached hydrogens (tertiary/aromatic N) is 14. The Labute approximate surface area is 805 Å². The lowest BCUT2D eigenvalue weighted by Gasteiger charge is -2.23. The number of esters is 8. The highest BCUT2D eigenvalue weighted by Gasteiger charge is 2.34. The Morgan fingerprint density at radius 1 is 0.486 bits per heavy atom. The standard InChI is InChI=1S/C20H24N6O4.C12H17N3O.C12H18N2O5.C12H22O6.C10H16O6.C8H10N2O5.C8H8N2O4.C4H8O3.C2H6N2O/c1-12-22-20(30-25-12)14(11-18(27)28)10-17-24-16(26-29-17)6-2-5-15-8-7-13-4-3-9-21-19(13)23-15;16-14-9-2-1-5-11-7-6-10-4-3-8-13-12(10)15-11;1-4-17-10(15)6-9(7-11(16)18-5-2)12-13-8(3)14-19-12;1-5-17-10(13)7-9(12(15-3)16-4)8-11(14)18-6-2;1-3-15-8(11)5-7(10(13)14)6-9(12)16-4-2;1-4-9-8(15-10-4)5(2-6(11)12)3-7(13)14;1-4-9-8(14-10-4)5-2-6(11)13-7(12)3-5;1-6-4(3-5)7-2;1-2(3)4-5/h7-8,14H,2-6,9-11H2,1H3,(H,21,23)(H,27,28);6-7,9,16H,1-5,8H2,(H,13,15);9H,4-7H2,1-3H3;9,12H,5-8H2,1-4H3;7H,3-6H2,1-2H3,(H,13,14);5H,2-3H2,1H3,(H,11,12)(H,13,14);5H,2-3H2,1H3;3-4H,1-2H3;5H,1H3,(H2,3,4)/b;14-9+;;;;;;;. The van der Waals surface area contributed by atoms with Crippen LogP contribution in [-0.2, 0) is 153 Å². The monoisotopic (exact) mass is 1980 g/mol. The molecule has 776 valence electrons. The average Bonchev–Trinajstić information content (AvgIpc) is 1.84. The average molecular weight is 1990 g/mol. The summed E-state index contributed by atoms with van der Waals surface area (Å²) in [5.41, 5.74) is 9.55. The van der Waals surface area contributed by atoms with Crippen molar-refractivity contribution >= 4 is 102 Å². The highest BCUT2D eigenvalue weighted by molar-refractivity contribution is 5.89. The van der Waals surface area contributed by atoms with Gasteiger partial charge < -0.3 is 122 Å². The second-order valence-electron chi connectivity index (χ2n) is 30.0. The number of aryl methyl sites for hydroxylation is 9. The first-order chi connectivity index (χ1) is 66.9. The number of fused-ring (bicyclic) bond motifs is 2. The number of carboxylic acids is 4. The predicted molar refractivity (Wildman–Crippen MR) is 482 cm³/mol. The number of pyridine rings is 2. The van der Waals surface area contributed by atoms with Gasteiger partial charge in [0.25, 0.3) is 0 Å². The van der Waals surface area contributed by atoms with Gasteiger partial charge in [-0.15, -0.1) is 5.16 Å². The molecule has 10 N–H and O–H groups in total. The van der Waals surface area contributed by atoms with Gasteiger partial charge >= 0.3 is 71.6 Å². The largest absolute Gasteiger partial charge is 0.481 e.